The quantitative estimate of drug-likeness (QED) is 0.215. The summed E-state index contributed by atoms with van der Waals surface area (Å²) < 4.78 is 11.1. The molecule has 4 aromatic rings. The molecule has 2 amide bonds. The van der Waals surface area contributed by atoms with Crippen molar-refractivity contribution in [2.75, 3.05) is 28.2 Å². The topological polar surface area (TPSA) is 84.9 Å². The molecule has 39 heavy (non-hydrogen) atoms. The second-order valence-electron chi connectivity index (χ2n) is 10.0. The molecule has 0 unspecified atom stereocenters. The number of fused-ring (bicyclic) bond motifs is 2. The SMILES string of the molecule is CN(C)C(=O)Oc1cccc2c(CCCCCCCc3nccc4c(OC(=O)N(C)C)cccc34)nccc12. The van der Waals surface area contributed by atoms with Crippen molar-refractivity contribution in [3.8, 4) is 11.5 Å². The summed E-state index contributed by atoms with van der Waals surface area (Å²) >= 11 is 0. The highest BCUT2D eigenvalue weighted by Gasteiger charge is 2.13. The van der Waals surface area contributed by atoms with Gasteiger partial charge >= 0.3 is 12.2 Å². The molecule has 0 fully saturated rings. The number of amides is 2. The molecule has 0 spiro atoms. The van der Waals surface area contributed by atoms with Crippen molar-refractivity contribution >= 4 is 33.7 Å². The Morgan fingerprint density at radius 3 is 1.41 bits per heavy atom. The van der Waals surface area contributed by atoms with Crippen LogP contribution >= 0.6 is 0 Å². The van der Waals surface area contributed by atoms with Crippen molar-refractivity contribution in [2.24, 2.45) is 0 Å². The Hall–Kier alpha value is -4.20. The molecule has 0 aliphatic rings. The fourth-order valence-corrected chi connectivity index (χ4v) is 4.54. The first-order valence-electron chi connectivity index (χ1n) is 13.4. The Morgan fingerprint density at radius 2 is 1.00 bits per heavy atom. The third-order valence-electron chi connectivity index (χ3n) is 6.65. The van der Waals surface area contributed by atoms with E-state index in [0.29, 0.717) is 11.5 Å². The van der Waals surface area contributed by atoms with E-state index in [2.05, 4.69) is 9.97 Å². The van der Waals surface area contributed by atoms with Crippen LogP contribution in [0.15, 0.2) is 60.9 Å². The lowest BCUT2D eigenvalue weighted by atomic mass is 10.0. The van der Waals surface area contributed by atoms with Gasteiger partial charge in [0.1, 0.15) is 11.5 Å². The Kier molecular flexibility index (Phi) is 9.31. The molecule has 0 aliphatic heterocycles. The second kappa shape index (κ2) is 13.0. The van der Waals surface area contributed by atoms with Gasteiger partial charge in [-0.25, -0.2) is 9.59 Å². The van der Waals surface area contributed by atoms with Gasteiger partial charge in [0.15, 0.2) is 0 Å². The summed E-state index contributed by atoms with van der Waals surface area (Å²) in [7, 11) is 6.67. The van der Waals surface area contributed by atoms with E-state index in [4.69, 9.17) is 9.47 Å². The van der Waals surface area contributed by atoms with Gasteiger partial charge in [0, 0.05) is 73.5 Å². The van der Waals surface area contributed by atoms with Crippen LogP contribution in [0.1, 0.15) is 43.5 Å². The maximum atomic E-state index is 12.0. The van der Waals surface area contributed by atoms with Crippen LogP contribution in [0.4, 0.5) is 9.59 Å². The minimum atomic E-state index is -0.396. The van der Waals surface area contributed by atoms with Crippen LogP contribution in [0.25, 0.3) is 21.5 Å². The molecule has 4 rings (SSSR count). The molecule has 0 aliphatic carbocycles. The van der Waals surface area contributed by atoms with E-state index in [0.717, 1.165) is 77.9 Å². The molecule has 0 saturated carbocycles. The number of unbranched alkanes of at least 4 members (excludes halogenated alkanes) is 4. The number of carbonyl (C=O) groups excluding carboxylic acids is 2. The summed E-state index contributed by atoms with van der Waals surface area (Å²) in [4.78, 5) is 36.1. The van der Waals surface area contributed by atoms with Crippen molar-refractivity contribution in [3.63, 3.8) is 0 Å². The van der Waals surface area contributed by atoms with Crippen LogP contribution in [0.3, 0.4) is 0 Å². The van der Waals surface area contributed by atoms with E-state index in [9.17, 15) is 9.59 Å². The van der Waals surface area contributed by atoms with Gasteiger partial charge in [-0.05, 0) is 49.9 Å². The number of nitrogens with zero attached hydrogens (tertiary/aromatic N) is 4. The zero-order valence-corrected chi connectivity index (χ0v) is 23.1. The van der Waals surface area contributed by atoms with E-state index in [1.54, 1.807) is 40.6 Å². The number of aryl methyl sites for hydroxylation is 2. The first-order chi connectivity index (χ1) is 18.8. The van der Waals surface area contributed by atoms with Gasteiger partial charge in [0.2, 0.25) is 0 Å². The van der Waals surface area contributed by atoms with Gasteiger partial charge in [-0.3, -0.25) is 9.97 Å². The number of rotatable bonds is 10. The molecule has 0 saturated heterocycles. The fraction of sp³-hybridized carbons (Fsp3) is 0.355. The Morgan fingerprint density at radius 1 is 0.590 bits per heavy atom. The van der Waals surface area contributed by atoms with E-state index < -0.39 is 12.2 Å². The van der Waals surface area contributed by atoms with E-state index in [-0.39, 0.29) is 0 Å². The van der Waals surface area contributed by atoms with Gasteiger partial charge in [-0.2, -0.15) is 0 Å². The molecule has 204 valence electrons. The van der Waals surface area contributed by atoms with Crippen LogP contribution in [-0.4, -0.2) is 60.1 Å². The number of benzene rings is 2. The molecule has 8 nitrogen and oxygen atoms in total. The van der Waals surface area contributed by atoms with Crippen LogP contribution in [0.5, 0.6) is 11.5 Å². The number of hydrogen-bond acceptors (Lipinski definition) is 6. The minimum absolute atomic E-state index is 0.396. The molecule has 8 heteroatoms. The molecule has 2 aromatic heterocycles. The van der Waals surface area contributed by atoms with E-state index >= 15 is 0 Å². The van der Waals surface area contributed by atoms with Crippen LogP contribution < -0.4 is 9.47 Å². The summed E-state index contributed by atoms with van der Waals surface area (Å²) in [5.74, 6) is 1.11. The van der Waals surface area contributed by atoms with Gasteiger partial charge < -0.3 is 19.3 Å². The van der Waals surface area contributed by atoms with Crippen molar-refractivity contribution in [1.82, 2.24) is 19.8 Å². The average molecular weight is 529 g/mol. The lowest BCUT2D eigenvalue weighted by molar-refractivity contribution is 0.171. The first kappa shape index (κ1) is 27.8. The van der Waals surface area contributed by atoms with Crippen LogP contribution in [0.2, 0.25) is 0 Å². The third kappa shape index (κ3) is 7.02. The standard InChI is InChI=1S/C31H36N4O4/c1-34(2)30(36)38-28-16-10-12-22-24(28)18-20-32-26(22)14-8-6-5-7-9-15-27-23-13-11-17-29(25(23)19-21-33-27)39-31(37)35(3)4/h10-13,16-21H,5-9,14-15H2,1-4H3. The molecule has 2 heterocycles. The predicted molar refractivity (Wildman–Crippen MR) is 153 cm³/mol. The normalized spacial score (nSPS) is 11.0. The lowest BCUT2D eigenvalue weighted by Crippen LogP contribution is -2.25. The van der Waals surface area contributed by atoms with E-state index in [1.165, 1.54) is 9.80 Å². The van der Waals surface area contributed by atoms with Gasteiger partial charge in [0.05, 0.1) is 0 Å². The lowest BCUT2D eigenvalue weighted by Gasteiger charge is -2.13. The number of aromatic nitrogens is 2. The van der Waals surface area contributed by atoms with Crippen molar-refractivity contribution in [2.45, 2.75) is 44.9 Å². The number of ether oxygens (including phenoxy) is 2. The molecule has 0 atom stereocenters. The fourth-order valence-electron chi connectivity index (χ4n) is 4.54. The summed E-state index contributed by atoms with van der Waals surface area (Å²) in [6, 6.07) is 15.3. The Bertz CT molecular complexity index is 1340. The summed E-state index contributed by atoms with van der Waals surface area (Å²) in [6.07, 6.45) is 9.98. The largest absolute Gasteiger partial charge is 0.414 e. The predicted octanol–water partition coefficient (Wildman–Crippen LogP) is 6.64. The van der Waals surface area contributed by atoms with Gasteiger partial charge in [-0.1, -0.05) is 43.5 Å². The maximum Gasteiger partial charge on any atom is 0.414 e. The zero-order valence-electron chi connectivity index (χ0n) is 23.1. The molecule has 0 N–H and O–H groups in total. The zero-order chi connectivity index (χ0) is 27.8. The highest BCUT2D eigenvalue weighted by Crippen LogP contribution is 2.29. The maximum absolute atomic E-state index is 12.0. The Balaban J connectivity index is 1.28. The van der Waals surface area contributed by atoms with Gasteiger partial charge in [0.25, 0.3) is 0 Å². The number of pyridine rings is 2. The summed E-state index contributed by atoms with van der Waals surface area (Å²) in [5.41, 5.74) is 2.06. The van der Waals surface area contributed by atoms with Crippen molar-refractivity contribution < 1.29 is 19.1 Å². The van der Waals surface area contributed by atoms with Crippen LogP contribution in [-0.2, 0) is 12.8 Å². The number of carbonyl (C=O) groups is 2. The molecule has 0 bridgehead atoms. The molecule has 0 radical (unpaired) electrons. The third-order valence-corrected chi connectivity index (χ3v) is 6.65. The first-order valence-corrected chi connectivity index (χ1v) is 13.4. The van der Waals surface area contributed by atoms with Gasteiger partial charge in [-0.15, -0.1) is 0 Å². The smallest absolute Gasteiger partial charge is 0.410 e. The molecular formula is C31H36N4O4. The summed E-state index contributed by atoms with van der Waals surface area (Å²) in [5, 5.41) is 3.86. The van der Waals surface area contributed by atoms with Crippen molar-refractivity contribution in [1.29, 1.82) is 0 Å². The Labute approximate surface area is 229 Å². The number of hydrogen-bond donors (Lipinski definition) is 0. The second-order valence-corrected chi connectivity index (χ2v) is 10.0. The molecule has 2 aromatic carbocycles. The minimum Gasteiger partial charge on any atom is -0.410 e. The summed E-state index contributed by atoms with van der Waals surface area (Å²) in [6.45, 7) is 0. The highest BCUT2D eigenvalue weighted by atomic mass is 16.6. The van der Waals surface area contributed by atoms with E-state index in [1.807, 2.05) is 48.5 Å². The van der Waals surface area contributed by atoms with Crippen LogP contribution in [0, 0.1) is 0 Å². The van der Waals surface area contributed by atoms with Crippen molar-refractivity contribution in [3.05, 3.63) is 72.3 Å². The molecular weight excluding hydrogens is 492 g/mol. The average Bonchev–Trinajstić information content (AvgIpc) is 2.93. The highest BCUT2D eigenvalue weighted by molar-refractivity contribution is 5.92. The monoisotopic (exact) mass is 528 g/mol.